The molecule has 0 N–H and O–H groups in total. The van der Waals surface area contributed by atoms with E-state index in [0.717, 1.165) is 17.7 Å². The molecule has 0 aliphatic rings. The predicted molar refractivity (Wildman–Crippen MR) is 54.4 cm³/mol. The van der Waals surface area contributed by atoms with Gasteiger partial charge in [0.1, 0.15) is 5.75 Å². The van der Waals surface area contributed by atoms with Gasteiger partial charge in [0.2, 0.25) is 5.76 Å². The third kappa shape index (κ3) is 2.15. The Balaban J connectivity index is 2.30. The molecule has 4 nitrogen and oxygen atoms in total. The minimum absolute atomic E-state index is 0.502. The molecule has 0 atom stereocenters. The highest BCUT2D eigenvalue weighted by Crippen LogP contribution is 2.28. The van der Waals surface area contributed by atoms with Crippen LogP contribution in [-0.2, 0) is 0 Å². The number of nitrogens with zero attached hydrogens (tertiary/aromatic N) is 2. The van der Waals surface area contributed by atoms with Crippen molar-refractivity contribution in [3.8, 4) is 17.1 Å². The van der Waals surface area contributed by atoms with Crippen LogP contribution in [0, 0.1) is 6.20 Å². The van der Waals surface area contributed by atoms with E-state index >= 15 is 0 Å². The highest BCUT2D eigenvalue weighted by Gasteiger charge is 2.09. The molecule has 0 saturated carbocycles. The fraction of sp³-hybridized carbons (Fsp3) is 0.273. The fourth-order valence-electron chi connectivity index (χ4n) is 1.25. The summed E-state index contributed by atoms with van der Waals surface area (Å²) in [5.41, 5.74) is 0.830. The standard InChI is InChI=1S/C11H11N2O2/c1-2-7-14-10-6-4-3-5-9(10)11-8-12-13-15-11/h3-6H,2,7H2,1H3. The second-order valence-electron chi connectivity index (χ2n) is 3.06. The average molecular weight is 203 g/mol. The SMILES string of the molecule is CCCOc1ccccc1-c1[c]nno1. The molecule has 15 heavy (non-hydrogen) atoms. The quantitative estimate of drug-likeness (QED) is 0.765. The molecule has 0 saturated heterocycles. The van der Waals surface area contributed by atoms with Crippen LogP contribution >= 0.6 is 0 Å². The van der Waals surface area contributed by atoms with Crippen LogP contribution in [0.5, 0.6) is 5.75 Å². The van der Waals surface area contributed by atoms with Gasteiger partial charge in [-0.1, -0.05) is 19.1 Å². The zero-order chi connectivity index (χ0) is 10.5. The summed E-state index contributed by atoms with van der Waals surface area (Å²) >= 11 is 0. The largest absolute Gasteiger partial charge is 0.493 e. The summed E-state index contributed by atoms with van der Waals surface area (Å²) in [6.45, 7) is 2.74. The first-order valence-electron chi connectivity index (χ1n) is 4.84. The third-order valence-corrected chi connectivity index (χ3v) is 1.92. The first-order chi connectivity index (χ1) is 7.42. The molecule has 1 radical (unpaired) electrons. The number of aromatic nitrogens is 2. The highest BCUT2D eigenvalue weighted by atomic mass is 16.5. The van der Waals surface area contributed by atoms with Crippen molar-refractivity contribution < 1.29 is 9.26 Å². The summed E-state index contributed by atoms with van der Waals surface area (Å²) in [7, 11) is 0. The number of hydrogen-bond acceptors (Lipinski definition) is 4. The highest BCUT2D eigenvalue weighted by molar-refractivity contribution is 5.64. The molecule has 77 valence electrons. The molecular weight excluding hydrogens is 192 g/mol. The van der Waals surface area contributed by atoms with Gasteiger partial charge < -0.3 is 9.26 Å². The maximum Gasteiger partial charge on any atom is 0.200 e. The molecule has 4 heteroatoms. The van der Waals surface area contributed by atoms with E-state index in [9.17, 15) is 0 Å². The second-order valence-corrected chi connectivity index (χ2v) is 3.06. The van der Waals surface area contributed by atoms with Gasteiger partial charge in [-0.15, -0.1) is 5.10 Å². The predicted octanol–water partition coefficient (Wildman–Crippen LogP) is 2.33. The van der Waals surface area contributed by atoms with Crippen LogP contribution in [0.1, 0.15) is 13.3 Å². The second kappa shape index (κ2) is 4.59. The Kier molecular flexibility index (Phi) is 2.97. The van der Waals surface area contributed by atoms with Crippen molar-refractivity contribution in [2.75, 3.05) is 6.61 Å². The molecule has 0 aliphatic heterocycles. The summed E-state index contributed by atoms with van der Waals surface area (Å²) in [6, 6.07) is 7.60. The Hall–Kier alpha value is -1.84. The Bertz CT molecular complexity index is 412. The van der Waals surface area contributed by atoms with E-state index < -0.39 is 0 Å². The van der Waals surface area contributed by atoms with E-state index in [1.54, 1.807) is 0 Å². The first kappa shape index (κ1) is 9.71. The van der Waals surface area contributed by atoms with Crippen molar-refractivity contribution in [3.63, 3.8) is 0 Å². The van der Waals surface area contributed by atoms with Gasteiger partial charge in [-0.3, -0.25) is 0 Å². The molecule has 0 bridgehead atoms. The van der Waals surface area contributed by atoms with Crippen molar-refractivity contribution >= 4 is 0 Å². The Labute approximate surface area is 87.9 Å². The average Bonchev–Trinajstić information content (AvgIpc) is 2.80. The summed E-state index contributed by atoms with van der Waals surface area (Å²) in [4.78, 5) is 0. The van der Waals surface area contributed by atoms with Crippen molar-refractivity contribution in [1.82, 2.24) is 10.4 Å². The van der Waals surface area contributed by atoms with Crippen LogP contribution in [0.2, 0.25) is 0 Å². The lowest BCUT2D eigenvalue weighted by Gasteiger charge is -2.07. The van der Waals surface area contributed by atoms with Gasteiger partial charge in [-0.05, 0) is 18.6 Å². The lowest BCUT2D eigenvalue weighted by atomic mass is 10.1. The number of rotatable bonds is 4. The summed E-state index contributed by atoms with van der Waals surface area (Å²) in [6.07, 6.45) is 3.63. The molecule has 2 aromatic rings. The monoisotopic (exact) mass is 203 g/mol. The number of hydrogen-bond donors (Lipinski definition) is 0. The lowest BCUT2D eigenvalue weighted by molar-refractivity contribution is 0.317. The Morgan fingerprint density at radius 3 is 3.00 bits per heavy atom. The van der Waals surface area contributed by atoms with E-state index in [1.807, 2.05) is 24.3 Å². The van der Waals surface area contributed by atoms with Gasteiger partial charge >= 0.3 is 0 Å². The lowest BCUT2D eigenvalue weighted by Crippen LogP contribution is -1.96. The summed E-state index contributed by atoms with van der Waals surface area (Å²) < 4.78 is 10.5. The zero-order valence-electron chi connectivity index (χ0n) is 8.43. The maximum absolute atomic E-state index is 5.57. The minimum Gasteiger partial charge on any atom is -0.493 e. The summed E-state index contributed by atoms with van der Waals surface area (Å²) in [5.74, 6) is 1.27. The molecule has 1 heterocycles. The normalized spacial score (nSPS) is 10.2. The van der Waals surface area contributed by atoms with Gasteiger partial charge in [0.05, 0.1) is 12.2 Å². The third-order valence-electron chi connectivity index (χ3n) is 1.92. The molecular formula is C11H11N2O2. The molecule has 0 unspecified atom stereocenters. The van der Waals surface area contributed by atoms with E-state index in [2.05, 4.69) is 23.5 Å². The first-order valence-corrected chi connectivity index (χ1v) is 4.84. The smallest absolute Gasteiger partial charge is 0.200 e. The maximum atomic E-state index is 5.57. The molecule has 1 aromatic heterocycles. The molecule has 0 spiro atoms. The van der Waals surface area contributed by atoms with Crippen LogP contribution in [0.15, 0.2) is 28.8 Å². The van der Waals surface area contributed by atoms with E-state index in [4.69, 9.17) is 9.26 Å². The van der Waals surface area contributed by atoms with E-state index in [0.29, 0.717) is 12.4 Å². The van der Waals surface area contributed by atoms with Crippen molar-refractivity contribution in [3.05, 3.63) is 30.5 Å². The van der Waals surface area contributed by atoms with Crippen LogP contribution in [0.4, 0.5) is 0 Å². The molecule has 1 aromatic carbocycles. The fourth-order valence-corrected chi connectivity index (χ4v) is 1.25. The van der Waals surface area contributed by atoms with E-state index in [-0.39, 0.29) is 0 Å². The summed E-state index contributed by atoms with van der Waals surface area (Å²) in [5, 5.41) is 6.91. The number of ether oxygens (including phenoxy) is 1. The minimum atomic E-state index is 0.502. The molecule has 0 amide bonds. The van der Waals surface area contributed by atoms with Crippen molar-refractivity contribution in [1.29, 1.82) is 0 Å². The van der Waals surface area contributed by atoms with Crippen LogP contribution in [0.3, 0.4) is 0 Å². The van der Waals surface area contributed by atoms with Crippen LogP contribution in [-0.4, -0.2) is 17.0 Å². The van der Waals surface area contributed by atoms with Crippen LogP contribution in [0.25, 0.3) is 11.3 Å². The Morgan fingerprint density at radius 2 is 2.27 bits per heavy atom. The van der Waals surface area contributed by atoms with Gasteiger partial charge in [0, 0.05) is 5.27 Å². The van der Waals surface area contributed by atoms with Crippen molar-refractivity contribution in [2.24, 2.45) is 0 Å². The van der Waals surface area contributed by atoms with Crippen LogP contribution < -0.4 is 4.74 Å². The molecule has 0 aliphatic carbocycles. The van der Waals surface area contributed by atoms with E-state index in [1.165, 1.54) is 0 Å². The Morgan fingerprint density at radius 1 is 1.40 bits per heavy atom. The molecule has 0 fully saturated rings. The van der Waals surface area contributed by atoms with Gasteiger partial charge in [0.25, 0.3) is 0 Å². The van der Waals surface area contributed by atoms with Gasteiger partial charge in [0.15, 0.2) is 6.20 Å². The molecule has 2 rings (SSSR count). The van der Waals surface area contributed by atoms with Gasteiger partial charge in [-0.25, -0.2) is 0 Å². The number of benzene rings is 1. The zero-order valence-corrected chi connectivity index (χ0v) is 8.43. The van der Waals surface area contributed by atoms with Gasteiger partial charge in [-0.2, -0.15) is 0 Å². The van der Waals surface area contributed by atoms with Crippen molar-refractivity contribution in [2.45, 2.75) is 13.3 Å². The topological polar surface area (TPSA) is 48.2 Å². The number of para-hydroxylation sites is 1.